The second-order valence-electron chi connectivity index (χ2n) is 4.04. The van der Waals surface area contributed by atoms with Crippen molar-refractivity contribution in [2.75, 3.05) is 6.54 Å². The molecule has 2 aliphatic heterocycles. The van der Waals surface area contributed by atoms with Crippen molar-refractivity contribution >= 4 is 11.9 Å². The molecule has 2 aliphatic rings. The lowest BCUT2D eigenvalue weighted by molar-refractivity contribution is -0.728. The minimum atomic E-state index is -1.38. The first-order chi connectivity index (χ1) is 9.99. The van der Waals surface area contributed by atoms with Crippen LogP contribution in [0.3, 0.4) is 0 Å². The fourth-order valence-corrected chi connectivity index (χ4v) is 1.94. The third-order valence-electron chi connectivity index (χ3n) is 2.75. The Kier molecular flexibility index (Phi) is 3.98. The largest absolute Gasteiger partial charge is 0.478 e. The first kappa shape index (κ1) is 14.3. The van der Waals surface area contributed by atoms with E-state index in [1.165, 1.54) is 6.08 Å². The van der Waals surface area contributed by atoms with E-state index in [0.29, 0.717) is 12.6 Å². The maximum Gasteiger partial charge on any atom is 0.338 e. The molecule has 21 heavy (non-hydrogen) atoms. The lowest BCUT2D eigenvalue weighted by atomic mass is 10.0. The third kappa shape index (κ3) is 3.24. The zero-order valence-corrected chi connectivity index (χ0v) is 10.6. The number of carbonyl (C=O) groups is 2. The Labute approximate surface area is 118 Å². The molecule has 0 aromatic carbocycles. The highest BCUT2D eigenvalue weighted by Gasteiger charge is 2.24. The van der Waals surface area contributed by atoms with Gasteiger partial charge in [0, 0.05) is 18.3 Å². The summed E-state index contributed by atoms with van der Waals surface area (Å²) in [5, 5.41) is 18.0. The van der Waals surface area contributed by atoms with Crippen molar-refractivity contribution in [2.45, 2.75) is 0 Å². The summed E-state index contributed by atoms with van der Waals surface area (Å²) in [5.41, 5.74) is 0.623. The summed E-state index contributed by atoms with van der Waals surface area (Å²) in [6.45, 7) is 0.427. The van der Waals surface area contributed by atoms with E-state index in [-0.39, 0.29) is 11.3 Å². The van der Waals surface area contributed by atoms with Crippen molar-refractivity contribution in [3.8, 4) is 0 Å². The van der Waals surface area contributed by atoms with E-state index in [1.807, 2.05) is 12.2 Å². The Morgan fingerprint density at radius 1 is 1.38 bits per heavy atom. The van der Waals surface area contributed by atoms with E-state index in [0.717, 1.165) is 5.70 Å². The molecule has 0 bridgehead atoms. The lowest BCUT2D eigenvalue weighted by Gasteiger charge is -2.31. The number of fused-ring (bicyclic) bond motifs is 1. The van der Waals surface area contributed by atoms with Crippen LogP contribution in [0.1, 0.15) is 0 Å². The molecule has 0 saturated heterocycles. The van der Waals surface area contributed by atoms with Gasteiger partial charge in [0.2, 0.25) is 0 Å². The number of carboxylic acid groups (broad SMARTS) is 1. The number of carbonyl (C=O) groups excluding carboxylic acids is 1. The van der Waals surface area contributed by atoms with E-state index >= 15 is 0 Å². The summed E-state index contributed by atoms with van der Waals surface area (Å²) in [6.07, 6.45) is 10.9. The molecule has 0 fully saturated rings. The highest BCUT2D eigenvalue weighted by Crippen LogP contribution is 2.27. The quantitative estimate of drug-likeness (QED) is 0.466. The van der Waals surface area contributed by atoms with Crippen LogP contribution in [0.2, 0.25) is 0 Å². The Balaban J connectivity index is 2.35. The number of rotatable bonds is 4. The molecular formula is C13H10N2O6. The van der Waals surface area contributed by atoms with E-state index in [1.54, 1.807) is 23.1 Å². The highest BCUT2D eigenvalue weighted by atomic mass is 17.0. The van der Waals surface area contributed by atoms with Crippen LogP contribution in [0.15, 0.2) is 59.5 Å². The van der Waals surface area contributed by atoms with Crippen LogP contribution < -0.4 is 0 Å². The minimum absolute atomic E-state index is 0.251. The normalized spacial score (nSPS) is 16.8. The summed E-state index contributed by atoms with van der Waals surface area (Å²) in [6, 6.07) is 0. The SMILES string of the molecule is O=C(/C=C(\C(=O)O)C1=CC=CC2=CC=CCN21)O[N+](=O)[O-]. The van der Waals surface area contributed by atoms with Crippen LogP contribution in [0, 0.1) is 10.1 Å². The van der Waals surface area contributed by atoms with E-state index in [2.05, 4.69) is 4.84 Å². The molecule has 0 aliphatic carbocycles. The minimum Gasteiger partial charge on any atom is -0.478 e. The molecule has 2 heterocycles. The van der Waals surface area contributed by atoms with E-state index in [4.69, 9.17) is 0 Å². The molecule has 0 unspecified atom stereocenters. The lowest BCUT2D eigenvalue weighted by Crippen LogP contribution is -2.28. The molecule has 0 atom stereocenters. The number of aliphatic carboxylic acids is 1. The molecule has 8 heteroatoms. The number of allylic oxidation sites excluding steroid dienone is 5. The molecule has 0 aromatic heterocycles. The molecule has 1 N–H and O–H groups in total. The highest BCUT2D eigenvalue weighted by molar-refractivity contribution is 5.99. The summed E-state index contributed by atoms with van der Waals surface area (Å²) >= 11 is 0. The first-order valence-corrected chi connectivity index (χ1v) is 5.83. The van der Waals surface area contributed by atoms with E-state index in [9.17, 15) is 24.8 Å². The van der Waals surface area contributed by atoms with Crippen molar-refractivity contribution in [3.63, 3.8) is 0 Å². The summed E-state index contributed by atoms with van der Waals surface area (Å²) < 4.78 is 0. The van der Waals surface area contributed by atoms with Gasteiger partial charge in [-0.25, -0.2) is 9.63 Å². The monoisotopic (exact) mass is 290 g/mol. The number of nitrogens with zero attached hydrogens (tertiary/aromatic N) is 2. The van der Waals surface area contributed by atoms with E-state index < -0.39 is 17.0 Å². The molecule has 0 saturated carbocycles. The predicted molar refractivity (Wildman–Crippen MR) is 70.0 cm³/mol. The zero-order valence-electron chi connectivity index (χ0n) is 10.6. The number of hydrogen-bond acceptors (Lipinski definition) is 6. The maximum atomic E-state index is 11.3. The van der Waals surface area contributed by atoms with Crippen molar-refractivity contribution in [3.05, 3.63) is 69.6 Å². The Hall–Kier alpha value is -3.16. The molecule has 0 amide bonds. The smallest absolute Gasteiger partial charge is 0.338 e. The molecular weight excluding hydrogens is 280 g/mol. The van der Waals surface area contributed by atoms with Gasteiger partial charge in [-0.05, 0) is 18.2 Å². The fraction of sp³-hybridized carbons (Fsp3) is 0.0769. The molecule has 0 spiro atoms. The number of carboxylic acids is 1. The first-order valence-electron chi connectivity index (χ1n) is 5.83. The van der Waals surface area contributed by atoms with Crippen LogP contribution in [0.25, 0.3) is 0 Å². The van der Waals surface area contributed by atoms with Crippen molar-refractivity contribution in [2.24, 2.45) is 0 Å². The molecule has 2 rings (SSSR count). The van der Waals surface area contributed by atoms with Crippen molar-refractivity contribution in [1.82, 2.24) is 4.90 Å². The van der Waals surface area contributed by atoms with Gasteiger partial charge in [-0.15, -0.1) is 10.1 Å². The van der Waals surface area contributed by atoms with Gasteiger partial charge in [0.1, 0.15) is 0 Å². The Bertz CT molecular complexity index is 654. The van der Waals surface area contributed by atoms with Crippen LogP contribution in [-0.4, -0.2) is 33.6 Å². The maximum absolute atomic E-state index is 11.3. The molecule has 0 aromatic rings. The van der Waals surface area contributed by atoms with Gasteiger partial charge in [-0.1, -0.05) is 18.2 Å². The Morgan fingerprint density at radius 2 is 2.14 bits per heavy atom. The van der Waals surface area contributed by atoms with Crippen LogP contribution in [0.5, 0.6) is 0 Å². The van der Waals surface area contributed by atoms with Gasteiger partial charge < -0.3 is 10.0 Å². The topological polar surface area (TPSA) is 110 Å². The summed E-state index contributed by atoms with van der Waals surface area (Å²) in [4.78, 5) is 38.1. The average Bonchev–Trinajstić information content (AvgIpc) is 2.43. The van der Waals surface area contributed by atoms with Gasteiger partial charge in [-0.3, -0.25) is 4.79 Å². The zero-order chi connectivity index (χ0) is 15.4. The predicted octanol–water partition coefficient (Wildman–Crippen LogP) is 0.942. The molecule has 0 radical (unpaired) electrons. The second kappa shape index (κ2) is 5.87. The van der Waals surface area contributed by atoms with Crippen LogP contribution in [-0.2, 0) is 14.4 Å². The van der Waals surface area contributed by atoms with Crippen LogP contribution >= 0.6 is 0 Å². The molecule has 8 nitrogen and oxygen atoms in total. The van der Waals surface area contributed by atoms with Crippen molar-refractivity contribution < 1.29 is 24.6 Å². The standard InChI is InChI=1S/C13H10N2O6/c16-12(21-15(19)20)8-10(13(17)18)11-6-3-5-9-4-1-2-7-14(9)11/h1-6,8H,7H2,(H,17,18)/b10-8-. The average molecular weight is 290 g/mol. The summed E-state index contributed by atoms with van der Waals surface area (Å²) in [7, 11) is 0. The summed E-state index contributed by atoms with van der Waals surface area (Å²) in [5.74, 6) is -2.74. The van der Waals surface area contributed by atoms with Gasteiger partial charge in [0.15, 0.2) is 0 Å². The Morgan fingerprint density at radius 3 is 2.81 bits per heavy atom. The molecule has 108 valence electrons. The third-order valence-corrected chi connectivity index (χ3v) is 2.75. The van der Waals surface area contributed by atoms with Gasteiger partial charge >= 0.3 is 17.0 Å². The van der Waals surface area contributed by atoms with Crippen molar-refractivity contribution in [1.29, 1.82) is 0 Å². The number of hydrogen-bond donors (Lipinski definition) is 1. The second-order valence-corrected chi connectivity index (χ2v) is 4.04. The van der Waals surface area contributed by atoms with Gasteiger partial charge in [0.25, 0.3) is 0 Å². The van der Waals surface area contributed by atoms with Gasteiger partial charge in [-0.2, -0.15) is 0 Å². The van der Waals surface area contributed by atoms with Crippen LogP contribution in [0.4, 0.5) is 0 Å². The fourth-order valence-electron chi connectivity index (χ4n) is 1.94. The van der Waals surface area contributed by atoms with Gasteiger partial charge in [0.05, 0.1) is 11.3 Å².